The summed E-state index contributed by atoms with van der Waals surface area (Å²) in [5.41, 5.74) is 1.79. The van der Waals surface area contributed by atoms with Gasteiger partial charge >= 0.3 is 0 Å². The fourth-order valence-corrected chi connectivity index (χ4v) is 4.70. The number of likely N-dealkylation sites (tertiary alicyclic amines) is 1. The van der Waals surface area contributed by atoms with Crippen molar-refractivity contribution in [2.24, 2.45) is 11.3 Å². The maximum atomic E-state index is 9.76. The second-order valence-electron chi connectivity index (χ2n) is 7.65. The van der Waals surface area contributed by atoms with E-state index in [9.17, 15) is 5.11 Å². The van der Waals surface area contributed by atoms with Gasteiger partial charge < -0.3 is 10.4 Å². The number of piperidine rings is 2. The van der Waals surface area contributed by atoms with Crippen LogP contribution in [0.15, 0.2) is 42.5 Å². The molecule has 3 nitrogen and oxygen atoms in total. The lowest BCUT2D eigenvalue weighted by atomic mass is 9.65. The van der Waals surface area contributed by atoms with Crippen LogP contribution in [0, 0.1) is 11.3 Å². The third-order valence-electron chi connectivity index (χ3n) is 6.35. The van der Waals surface area contributed by atoms with E-state index in [1.807, 2.05) is 0 Å². The average molecular weight is 324 g/mol. The Morgan fingerprint density at radius 2 is 1.83 bits per heavy atom. The number of nitrogens with one attached hydrogen (secondary N) is 1. The van der Waals surface area contributed by atoms with Gasteiger partial charge in [0.05, 0.1) is 0 Å². The van der Waals surface area contributed by atoms with Crippen molar-refractivity contribution in [1.82, 2.24) is 10.2 Å². The highest BCUT2D eigenvalue weighted by atomic mass is 16.3. The predicted octanol–water partition coefficient (Wildman–Crippen LogP) is 3.02. The standard InChI is InChI=1S/C21H28N2O/c24-16-20-14-22-10-7-21(20)8-11-23(12-9-21)15-17-5-6-18-3-1-2-4-19(18)13-17/h1-6,13,20,22,24H,7-12,14-16H2/t20-/m0/s1. The average Bonchev–Trinajstić information content (AvgIpc) is 2.64. The molecule has 128 valence electrons. The van der Waals surface area contributed by atoms with E-state index in [2.05, 4.69) is 52.7 Å². The number of benzene rings is 2. The van der Waals surface area contributed by atoms with Crippen molar-refractivity contribution in [2.75, 3.05) is 32.8 Å². The molecule has 0 aromatic heterocycles. The molecule has 1 atom stereocenters. The predicted molar refractivity (Wildman–Crippen MR) is 99.0 cm³/mol. The van der Waals surface area contributed by atoms with Crippen LogP contribution in [0.5, 0.6) is 0 Å². The van der Waals surface area contributed by atoms with Crippen molar-refractivity contribution in [3.05, 3.63) is 48.0 Å². The van der Waals surface area contributed by atoms with E-state index in [1.165, 1.54) is 35.6 Å². The topological polar surface area (TPSA) is 35.5 Å². The number of fused-ring (bicyclic) bond motifs is 1. The highest BCUT2D eigenvalue weighted by molar-refractivity contribution is 5.82. The fourth-order valence-electron chi connectivity index (χ4n) is 4.70. The van der Waals surface area contributed by atoms with Crippen molar-refractivity contribution in [1.29, 1.82) is 0 Å². The maximum absolute atomic E-state index is 9.76. The molecule has 1 spiro atoms. The molecule has 2 fully saturated rings. The van der Waals surface area contributed by atoms with Crippen molar-refractivity contribution in [3.8, 4) is 0 Å². The molecule has 2 heterocycles. The molecule has 24 heavy (non-hydrogen) atoms. The smallest absolute Gasteiger partial charge is 0.0476 e. The Bertz CT molecular complexity index is 691. The molecule has 2 N–H and O–H groups in total. The minimum atomic E-state index is 0.331. The van der Waals surface area contributed by atoms with E-state index in [0.29, 0.717) is 17.9 Å². The van der Waals surface area contributed by atoms with Gasteiger partial charge in [0.2, 0.25) is 0 Å². The highest BCUT2D eigenvalue weighted by Crippen LogP contribution is 2.43. The summed E-state index contributed by atoms with van der Waals surface area (Å²) in [4.78, 5) is 2.59. The lowest BCUT2D eigenvalue weighted by Gasteiger charge is -2.49. The van der Waals surface area contributed by atoms with Gasteiger partial charge in [-0.05, 0) is 66.7 Å². The van der Waals surface area contributed by atoms with Gasteiger partial charge in [-0.2, -0.15) is 0 Å². The van der Waals surface area contributed by atoms with Crippen LogP contribution in [0.3, 0.4) is 0 Å². The van der Waals surface area contributed by atoms with Gasteiger partial charge in [0.1, 0.15) is 0 Å². The van der Waals surface area contributed by atoms with E-state index in [1.54, 1.807) is 0 Å². The Kier molecular flexibility index (Phi) is 4.57. The molecule has 4 rings (SSSR count). The van der Waals surface area contributed by atoms with Crippen LogP contribution in [0.25, 0.3) is 10.8 Å². The fraction of sp³-hybridized carbons (Fsp3) is 0.524. The van der Waals surface area contributed by atoms with Crippen LogP contribution in [-0.2, 0) is 6.54 Å². The van der Waals surface area contributed by atoms with Crippen LogP contribution in [0.1, 0.15) is 24.8 Å². The lowest BCUT2D eigenvalue weighted by molar-refractivity contribution is -0.00582. The van der Waals surface area contributed by atoms with Gasteiger partial charge in [0.25, 0.3) is 0 Å². The summed E-state index contributed by atoms with van der Waals surface area (Å²) < 4.78 is 0. The Hall–Kier alpha value is -1.42. The molecule has 2 aliphatic heterocycles. The van der Waals surface area contributed by atoms with Crippen molar-refractivity contribution in [3.63, 3.8) is 0 Å². The molecule has 2 saturated heterocycles. The minimum absolute atomic E-state index is 0.331. The van der Waals surface area contributed by atoms with Crippen molar-refractivity contribution in [2.45, 2.75) is 25.8 Å². The number of hydrogen-bond acceptors (Lipinski definition) is 3. The van der Waals surface area contributed by atoms with Crippen LogP contribution in [-0.4, -0.2) is 42.8 Å². The van der Waals surface area contributed by atoms with Gasteiger partial charge in [-0.15, -0.1) is 0 Å². The summed E-state index contributed by atoms with van der Waals surface area (Å²) in [5, 5.41) is 15.9. The summed E-state index contributed by atoms with van der Waals surface area (Å²) in [7, 11) is 0. The molecular weight excluding hydrogens is 296 g/mol. The van der Waals surface area contributed by atoms with E-state index >= 15 is 0 Å². The zero-order valence-electron chi connectivity index (χ0n) is 14.4. The summed E-state index contributed by atoms with van der Waals surface area (Å²) in [6.07, 6.45) is 3.68. The number of aliphatic hydroxyl groups is 1. The van der Waals surface area contributed by atoms with Crippen molar-refractivity contribution >= 4 is 10.8 Å². The lowest BCUT2D eigenvalue weighted by Crippen LogP contribution is -2.52. The Balaban J connectivity index is 1.42. The van der Waals surface area contributed by atoms with Gasteiger partial charge in [0, 0.05) is 25.6 Å². The molecule has 2 aromatic carbocycles. The minimum Gasteiger partial charge on any atom is -0.396 e. The first kappa shape index (κ1) is 16.1. The first-order valence-corrected chi connectivity index (χ1v) is 9.31. The molecule has 0 unspecified atom stereocenters. The largest absolute Gasteiger partial charge is 0.396 e. The number of nitrogens with zero attached hydrogens (tertiary/aromatic N) is 1. The molecule has 0 aliphatic carbocycles. The number of aliphatic hydroxyl groups excluding tert-OH is 1. The molecule has 2 aromatic rings. The van der Waals surface area contributed by atoms with Gasteiger partial charge in [-0.25, -0.2) is 0 Å². The molecule has 0 saturated carbocycles. The summed E-state index contributed by atoms with van der Waals surface area (Å²) >= 11 is 0. The van der Waals surface area contributed by atoms with E-state index in [4.69, 9.17) is 0 Å². The maximum Gasteiger partial charge on any atom is 0.0476 e. The molecule has 2 aliphatic rings. The quantitative estimate of drug-likeness (QED) is 0.911. The van der Waals surface area contributed by atoms with Crippen molar-refractivity contribution < 1.29 is 5.11 Å². The zero-order valence-corrected chi connectivity index (χ0v) is 14.4. The van der Waals surface area contributed by atoms with E-state index < -0.39 is 0 Å². The highest BCUT2D eigenvalue weighted by Gasteiger charge is 2.42. The molecule has 3 heteroatoms. The molecular formula is C21H28N2O. The second kappa shape index (κ2) is 6.83. The van der Waals surface area contributed by atoms with Crippen LogP contribution in [0.2, 0.25) is 0 Å². The van der Waals surface area contributed by atoms with E-state index in [-0.39, 0.29) is 0 Å². The first-order chi connectivity index (χ1) is 11.8. The SMILES string of the molecule is OC[C@@H]1CNCCC12CCN(Cc1ccc3ccccc3c1)CC2. The van der Waals surface area contributed by atoms with Crippen LogP contribution >= 0.6 is 0 Å². The molecule has 0 bridgehead atoms. The summed E-state index contributed by atoms with van der Waals surface area (Å²) in [6, 6.07) is 15.4. The summed E-state index contributed by atoms with van der Waals surface area (Å²) in [6.45, 7) is 5.79. The van der Waals surface area contributed by atoms with Gasteiger partial charge in [0.15, 0.2) is 0 Å². The van der Waals surface area contributed by atoms with Crippen LogP contribution in [0.4, 0.5) is 0 Å². The molecule has 0 radical (unpaired) electrons. The second-order valence-corrected chi connectivity index (χ2v) is 7.65. The normalized spacial score (nSPS) is 24.5. The van der Waals surface area contributed by atoms with Gasteiger partial charge in [-0.3, -0.25) is 4.90 Å². The number of hydrogen-bond donors (Lipinski definition) is 2. The Morgan fingerprint density at radius 1 is 1.04 bits per heavy atom. The number of rotatable bonds is 3. The monoisotopic (exact) mass is 324 g/mol. The third-order valence-corrected chi connectivity index (χ3v) is 6.35. The third kappa shape index (κ3) is 3.08. The van der Waals surface area contributed by atoms with Crippen LogP contribution < -0.4 is 5.32 Å². The zero-order chi connectivity index (χ0) is 16.4. The first-order valence-electron chi connectivity index (χ1n) is 9.31. The Morgan fingerprint density at radius 3 is 2.62 bits per heavy atom. The van der Waals surface area contributed by atoms with Gasteiger partial charge in [-0.1, -0.05) is 36.4 Å². The molecule has 0 amide bonds. The summed E-state index contributed by atoms with van der Waals surface area (Å²) in [5.74, 6) is 0.439. The van der Waals surface area contributed by atoms with E-state index in [0.717, 1.165) is 32.7 Å². The Labute approximate surface area is 144 Å².